The van der Waals surface area contributed by atoms with Crippen molar-refractivity contribution in [3.63, 3.8) is 0 Å². The third kappa shape index (κ3) is 2.27. The van der Waals surface area contributed by atoms with Crippen LogP contribution in [0.25, 0.3) is 0 Å². The maximum Gasteiger partial charge on any atom is 0.246 e. The number of nitrogens with two attached hydrogens (primary N) is 1. The summed E-state index contributed by atoms with van der Waals surface area (Å²) in [6.45, 7) is 3.59. The average Bonchev–Trinajstić information content (AvgIpc) is 2.16. The molecule has 6 heteroatoms. The van der Waals surface area contributed by atoms with Gasteiger partial charge in [0.1, 0.15) is 4.90 Å². The molecule has 2 N–H and O–H groups in total. The van der Waals surface area contributed by atoms with Gasteiger partial charge in [0, 0.05) is 25.5 Å². The van der Waals surface area contributed by atoms with Crippen molar-refractivity contribution in [1.29, 1.82) is 0 Å². The van der Waals surface area contributed by atoms with Crippen LogP contribution in [0.4, 0.5) is 5.69 Å². The summed E-state index contributed by atoms with van der Waals surface area (Å²) in [7, 11) is -2.00. The molecule has 0 saturated heterocycles. The van der Waals surface area contributed by atoms with Crippen molar-refractivity contribution in [1.82, 2.24) is 9.29 Å². The summed E-state index contributed by atoms with van der Waals surface area (Å²) in [5, 5.41) is 0. The molecule has 0 aromatic carbocycles. The number of nitrogens with zero attached hydrogens (tertiary/aromatic N) is 2. The van der Waals surface area contributed by atoms with E-state index < -0.39 is 10.0 Å². The molecule has 0 bridgehead atoms. The molecule has 0 aliphatic heterocycles. The molecule has 0 fully saturated rings. The van der Waals surface area contributed by atoms with E-state index in [-0.39, 0.29) is 16.6 Å². The zero-order valence-electron chi connectivity index (χ0n) is 9.01. The van der Waals surface area contributed by atoms with Crippen LogP contribution in [0.15, 0.2) is 23.4 Å². The van der Waals surface area contributed by atoms with Gasteiger partial charge in [0.25, 0.3) is 0 Å². The van der Waals surface area contributed by atoms with Gasteiger partial charge in [-0.15, -0.1) is 0 Å². The zero-order valence-corrected chi connectivity index (χ0v) is 9.82. The minimum atomic E-state index is -3.52. The third-order valence-corrected chi connectivity index (χ3v) is 4.28. The molecule has 0 spiro atoms. The van der Waals surface area contributed by atoms with Gasteiger partial charge in [-0.05, 0) is 19.9 Å². The molecule has 0 atom stereocenters. The lowest BCUT2D eigenvalue weighted by Crippen LogP contribution is -2.33. The van der Waals surface area contributed by atoms with E-state index in [4.69, 9.17) is 5.73 Å². The van der Waals surface area contributed by atoms with Crippen molar-refractivity contribution < 1.29 is 8.42 Å². The van der Waals surface area contributed by atoms with Crippen LogP contribution in [-0.4, -0.2) is 30.8 Å². The highest BCUT2D eigenvalue weighted by Gasteiger charge is 2.25. The van der Waals surface area contributed by atoms with E-state index in [1.807, 2.05) is 0 Å². The maximum absolute atomic E-state index is 12.0. The van der Waals surface area contributed by atoms with E-state index in [2.05, 4.69) is 4.98 Å². The van der Waals surface area contributed by atoms with Crippen LogP contribution in [0.5, 0.6) is 0 Å². The Labute approximate surface area is 90.0 Å². The lowest BCUT2D eigenvalue weighted by atomic mass is 10.4. The Balaban J connectivity index is 3.24. The molecule has 15 heavy (non-hydrogen) atoms. The molecule has 0 unspecified atom stereocenters. The fourth-order valence-electron chi connectivity index (χ4n) is 1.04. The van der Waals surface area contributed by atoms with Gasteiger partial charge in [-0.2, -0.15) is 4.31 Å². The van der Waals surface area contributed by atoms with Gasteiger partial charge in [0.05, 0.1) is 5.69 Å². The maximum atomic E-state index is 12.0. The normalized spacial score (nSPS) is 12.3. The highest BCUT2D eigenvalue weighted by molar-refractivity contribution is 7.89. The summed E-state index contributed by atoms with van der Waals surface area (Å²) in [5.74, 6) is 0. The Morgan fingerprint density at radius 2 is 2.07 bits per heavy atom. The van der Waals surface area contributed by atoms with Crippen LogP contribution >= 0.6 is 0 Å². The summed E-state index contributed by atoms with van der Waals surface area (Å²) >= 11 is 0. The minimum Gasteiger partial charge on any atom is -0.398 e. The van der Waals surface area contributed by atoms with Gasteiger partial charge in [-0.1, -0.05) is 0 Å². The van der Waals surface area contributed by atoms with Crippen LogP contribution in [-0.2, 0) is 10.0 Å². The van der Waals surface area contributed by atoms with Crippen LogP contribution in [0.2, 0.25) is 0 Å². The lowest BCUT2D eigenvalue weighted by molar-refractivity contribution is 0.410. The second-order valence-corrected chi connectivity index (χ2v) is 5.49. The standard InChI is InChI=1S/C9H15N3O2S/c1-7(2)12(3)15(13,14)9-6-11-5-4-8(9)10/h4-7H,1-3H3,(H2,10,11). The first-order valence-electron chi connectivity index (χ1n) is 4.55. The van der Waals surface area contributed by atoms with Gasteiger partial charge < -0.3 is 5.73 Å². The molecule has 0 aliphatic carbocycles. The highest BCUT2D eigenvalue weighted by Crippen LogP contribution is 2.20. The van der Waals surface area contributed by atoms with Crippen molar-refractivity contribution in [3.8, 4) is 0 Å². The summed E-state index contributed by atoms with van der Waals surface area (Å²) in [5.41, 5.74) is 5.82. The Morgan fingerprint density at radius 1 is 1.47 bits per heavy atom. The molecular weight excluding hydrogens is 214 g/mol. The first-order valence-corrected chi connectivity index (χ1v) is 5.99. The minimum absolute atomic E-state index is 0.0567. The van der Waals surface area contributed by atoms with E-state index >= 15 is 0 Å². The van der Waals surface area contributed by atoms with Crippen LogP contribution in [0.3, 0.4) is 0 Å². The van der Waals surface area contributed by atoms with E-state index in [0.29, 0.717) is 0 Å². The highest BCUT2D eigenvalue weighted by atomic mass is 32.2. The molecule has 1 heterocycles. The summed E-state index contributed by atoms with van der Waals surface area (Å²) in [6.07, 6.45) is 2.73. The van der Waals surface area contributed by atoms with E-state index in [1.54, 1.807) is 13.8 Å². The predicted octanol–water partition coefficient (Wildman–Crippen LogP) is 0.693. The van der Waals surface area contributed by atoms with Crippen LogP contribution in [0, 0.1) is 0 Å². The Morgan fingerprint density at radius 3 is 2.53 bits per heavy atom. The summed E-state index contributed by atoms with van der Waals surface area (Å²) < 4.78 is 25.3. The largest absolute Gasteiger partial charge is 0.398 e. The molecule has 1 aromatic rings. The number of hydrogen-bond donors (Lipinski definition) is 1. The van der Waals surface area contributed by atoms with Gasteiger partial charge in [0.2, 0.25) is 10.0 Å². The fraction of sp³-hybridized carbons (Fsp3) is 0.444. The third-order valence-electron chi connectivity index (χ3n) is 2.20. The SMILES string of the molecule is CC(C)N(C)S(=O)(=O)c1cnccc1N. The van der Waals surface area contributed by atoms with Crippen LogP contribution < -0.4 is 5.73 Å². The topological polar surface area (TPSA) is 76.3 Å². The second-order valence-electron chi connectivity index (χ2n) is 3.53. The molecule has 0 amide bonds. The number of nitrogen functional groups attached to an aromatic ring is 1. The Hall–Kier alpha value is -1.14. The number of anilines is 1. The molecular formula is C9H15N3O2S. The van der Waals surface area contributed by atoms with Crippen molar-refractivity contribution in [2.24, 2.45) is 0 Å². The molecule has 0 radical (unpaired) electrons. The number of aromatic nitrogens is 1. The van der Waals surface area contributed by atoms with Gasteiger partial charge in [-0.3, -0.25) is 4.98 Å². The van der Waals surface area contributed by atoms with E-state index in [0.717, 1.165) is 0 Å². The first kappa shape index (κ1) is 11.9. The average molecular weight is 229 g/mol. The summed E-state index contributed by atoms with van der Waals surface area (Å²) in [4.78, 5) is 3.82. The van der Waals surface area contributed by atoms with Crippen LogP contribution in [0.1, 0.15) is 13.8 Å². The number of hydrogen-bond acceptors (Lipinski definition) is 4. The Kier molecular flexibility index (Phi) is 3.31. The second kappa shape index (κ2) is 4.16. The molecule has 84 valence electrons. The van der Waals surface area contributed by atoms with Crippen molar-refractivity contribution in [2.45, 2.75) is 24.8 Å². The zero-order chi connectivity index (χ0) is 11.6. The van der Waals surface area contributed by atoms with Gasteiger partial charge >= 0.3 is 0 Å². The van der Waals surface area contributed by atoms with Crippen molar-refractivity contribution >= 4 is 15.7 Å². The quantitative estimate of drug-likeness (QED) is 0.827. The number of sulfonamides is 1. The molecule has 1 rings (SSSR count). The monoisotopic (exact) mass is 229 g/mol. The van der Waals surface area contributed by atoms with E-state index in [1.165, 1.54) is 29.8 Å². The molecule has 0 saturated carbocycles. The van der Waals surface area contributed by atoms with Crippen molar-refractivity contribution in [2.75, 3.05) is 12.8 Å². The first-order chi connectivity index (χ1) is 6.87. The molecule has 0 aliphatic rings. The van der Waals surface area contributed by atoms with Crippen molar-refractivity contribution in [3.05, 3.63) is 18.5 Å². The lowest BCUT2D eigenvalue weighted by Gasteiger charge is -2.21. The fourth-order valence-corrected chi connectivity index (χ4v) is 2.46. The smallest absolute Gasteiger partial charge is 0.246 e. The molecule has 5 nitrogen and oxygen atoms in total. The predicted molar refractivity (Wildman–Crippen MR) is 58.7 cm³/mol. The van der Waals surface area contributed by atoms with Gasteiger partial charge in [-0.25, -0.2) is 8.42 Å². The Bertz CT molecular complexity index is 442. The number of pyridine rings is 1. The number of rotatable bonds is 3. The summed E-state index contributed by atoms with van der Waals surface area (Å²) in [6, 6.07) is 1.36. The van der Waals surface area contributed by atoms with Gasteiger partial charge in [0.15, 0.2) is 0 Å². The molecule has 1 aromatic heterocycles. The van der Waals surface area contributed by atoms with E-state index in [9.17, 15) is 8.42 Å².